The Bertz CT molecular complexity index is 603. The number of carbonyl (C=O) groups is 1. The lowest BCUT2D eigenvalue weighted by atomic mass is 9.75. The van der Waals surface area contributed by atoms with E-state index in [2.05, 4.69) is 61.0 Å². The average molecular weight is 435 g/mol. The molecule has 2 nitrogen and oxygen atoms in total. The Balaban J connectivity index is 1.79. The Morgan fingerprint density at radius 2 is 1.78 bits per heavy atom. The summed E-state index contributed by atoms with van der Waals surface area (Å²) in [5.74, 6) is 2.09. The van der Waals surface area contributed by atoms with Gasteiger partial charge in [0.1, 0.15) is 6.10 Å². The molecular formula is C24H35BrO2. The van der Waals surface area contributed by atoms with E-state index < -0.39 is 0 Å². The third-order valence-electron chi connectivity index (χ3n) is 6.85. The van der Waals surface area contributed by atoms with Gasteiger partial charge in [-0.15, -0.1) is 0 Å². The molecule has 1 aromatic rings. The van der Waals surface area contributed by atoms with Gasteiger partial charge in [0.25, 0.3) is 0 Å². The predicted molar refractivity (Wildman–Crippen MR) is 115 cm³/mol. The molecule has 0 heterocycles. The van der Waals surface area contributed by atoms with E-state index in [4.69, 9.17) is 4.74 Å². The lowest BCUT2D eigenvalue weighted by Gasteiger charge is -2.37. The van der Waals surface area contributed by atoms with E-state index in [1.807, 2.05) is 0 Å². The highest BCUT2D eigenvalue weighted by Crippen LogP contribution is 2.41. The van der Waals surface area contributed by atoms with E-state index in [9.17, 15) is 4.79 Å². The highest BCUT2D eigenvalue weighted by molar-refractivity contribution is 9.08. The maximum absolute atomic E-state index is 13.4. The molecule has 0 aromatic heterocycles. The lowest BCUT2D eigenvalue weighted by Crippen LogP contribution is -2.37. The van der Waals surface area contributed by atoms with Crippen molar-refractivity contribution in [3.05, 3.63) is 35.4 Å². The van der Waals surface area contributed by atoms with Crippen LogP contribution in [0.2, 0.25) is 0 Å². The van der Waals surface area contributed by atoms with Crippen LogP contribution in [0.5, 0.6) is 0 Å². The monoisotopic (exact) mass is 434 g/mol. The van der Waals surface area contributed by atoms with Gasteiger partial charge in [0.2, 0.25) is 0 Å². The first kappa shape index (κ1) is 20.9. The average Bonchev–Trinajstić information content (AvgIpc) is 3.16. The molecule has 0 N–H and O–H groups in total. The van der Waals surface area contributed by atoms with Crippen molar-refractivity contribution in [3.8, 4) is 0 Å². The molecule has 2 saturated carbocycles. The molecule has 150 valence electrons. The van der Waals surface area contributed by atoms with E-state index in [-0.39, 0.29) is 18.0 Å². The molecule has 0 saturated heterocycles. The van der Waals surface area contributed by atoms with Gasteiger partial charge >= 0.3 is 5.97 Å². The summed E-state index contributed by atoms with van der Waals surface area (Å²) in [4.78, 5) is 13.4. The van der Waals surface area contributed by atoms with Crippen molar-refractivity contribution in [1.29, 1.82) is 0 Å². The highest BCUT2D eigenvalue weighted by atomic mass is 79.9. The minimum atomic E-state index is -0.0954. The van der Waals surface area contributed by atoms with Gasteiger partial charge in [0.15, 0.2) is 0 Å². The predicted octanol–water partition coefficient (Wildman–Crippen LogP) is 6.86. The summed E-state index contributed by atoms with van der Waals surface area (Å²) in [5.41, 5.74) is 2.39. The van der Waals surface area contributed by atoms with Crippen molar-refractivity contribution in [2.24, 2.45) is 23.7 Å². The third-order valence-corrected chi connectivity index (χ3v) is 7.49. The van der Waals surface area contributed by atoms with Crippen LogP contribution < -0.4 is 0 Å². The van der Waals surface area contributed by atoms with Crippen LogP contribution in [0.25, 0.3) is 0 Å². The Hall–Kier alpha value is -0.830. The third kappa shape index (κ3) is 5.16. The number of hydrogen-bond acceptors (Lipinski definition) is 2. The molecule has 2 aliphatic carbocycles. The number of carbonyl (C=O) groups excluding carboxylic acids is 1. The zero-order valence-corrected chi connectivity index (χ0v) is 18.7. The molecule has 1 unspecified atom stereocenters. The van der Waals surface area contributed by atoms with E-state index in [1.165, 1.54) is 31.2 Å². The summed E-state index contributed by atoms with van der Waals surface area (Å²) >= 11 is 3.51. The molecule has 0 spiro atoms. The van der Waals surface area contributed by atoms with Crippen LogP contribution in [0.1, 0.15) is 82.8 Å². The fourth-order valence-electron chi connectivity index (χ4n) is 5.18. The smallest absolute Gasteiger partial charge is 0.313 e. The normalized spacial score (nSPS) is 27.7. The Morgan fingerprint density at radius 1 is 1.11 bits per heavy atom. The molecule has 0 aliphatic heterocycles. The first-order chi connectivity index (χ1) is 13.0. The van der Waals surface area contributed by atoms with Crippen molar-refractivity contribution in [2.45, 2.75) is 83.1 Å². The maximum atomic E-state index is 13.4. The molecule has 4 atom stereocenters. The zero-order chi connectivity index (χ0) is 19.4. The zero-order valence-electron chi connectivity index (χ0n) is 17.1. The summed E-state index contributed by atoms with van der Waals surface area (Å²) in [6.45, 7) is 6.84. The first-order valence-corrected chi connectivity index (χ1v) is 12.0. The minimum absolute atomic E-state index is 0.0262. The van der Waals surface area contributed by atoms with Crippen LogP contribution in [0.3, 0.4) is 0 Å². The molecule has 0 bridgehead atoms. The van der Waals surface area contributed by atoms with Crippen LogP contribution in [0.4, 0.5) is 0 Å². The largest absolute Gasteiger partial charge is 0.462 e. The minimum Gasteiger partial charge on any atom is -0.462 e. The maximum Gasteiger partial charge on any atom is 0.313 e. The standard InChI is InChI=1S/C24H35BrO2/c1-16(2)21-13-8-17(3)14-22(21)27-24(26)23(19-6-4-5-7-19)20-11-9-18(15-25)10-12-20/h9-12,16-17,19,21-23H,4-8,13-15H2,1-3H3/t17-,21+,22?,23+/m1/s1. The second-order valence-electron chi connectivity index (χ2n) is 9.20. The topological polar surface area (TPSA) is 26.3 Å². The fourth-order valence-corrected chi connectivity index (χ4v) is 5.55. The summed E-state index contributed by atoms with van der Waals surface area (Å²) in [6.07, 6.45) is 8.33. The number of rotatable bonds is 6. The Kier molecular flexibility index (Phi) is 7.42. The number of ether oxygens (including phenoxy) is 1. The molecule has 2 fully saturated rings. The van der Waals surface area contributed by atoms with E-state index in [0.29, 0.717) is 23.7 Å². The SMILES string of the molecule is CC(C)[C@@H]1CC[C@@H](C)CC1OC(=O)[C@H](c1ccc(CBr)cc1)C1CCCC1. The quantitative estimate of drug-likeness (QED) is 0.360. The second kappa shape index (κ2) is 9.58. The van der Waals surface area contributed by atoms with Crippen LogP contribution in [0, 0.1) is 23.7 Å². The van der Waals surface area contributed by atoms with Crippen molar-refractivity contribution in [3.63, 3.8) is 0 Å². The van der Waals surface area contributed by atoms with Gasteiger partial charge in [-0.05, 0) is 60.5 Å². The molecule has 2 aliphatic rings. The van der Waals surface area contributed by atoms with Crippen molar-refractivity contribution >= 4 is 21.9 Å². The summed E-state index contributed by atoms with van der Waals surface area (Å²) < 4.78 is 6.27. The molecule has 1 aromatic carbocycles. The molecule has 27 heavy (non-hydrogen) atoms. The number of benzene rings is 1. The van der Waals surface area contributed by atoms with Gasteiger partial charge in [0, 0.05) is 5.33 Å². The lowest BCUT2D eigenvalue weighted by molar-refractivity contribution is -0.159. The van der Waals surface area contributed by atoms with Gasteiger partial charge in [-0.1, -0.05) is 80.2 Å². The number of halogens is 1. The van der Waals surface area contributed by atoms with Crippen LogP contribution in [-0.4, -0.2) is 12.1 Å². The van der Waals surface area contributed by atoms with Gasteiger partial charge in [-0.2, -0.15) is 0 Å². The molecule has 0 radical (unpaired) electrons. The van der Waals surface area contributed by atoms with Gasteiger partial charge in [-0.3, -0.25) is 4.79 Å². The van der Waals surface area contributed by atoms with Crippen molar-refractivity contribution in [2.75, 3.05) is 0 Å². The van der Waals surface area contributed by atoms with E-state index >= 15 is 0 Å². The molecule has 0 amide bonds. The molecule has 3 rings (SSSR count). The Labute approximate surface area is 173 Å². The molecular weight excluding hydrogens is 400 g/mol. The fraction of sp³-hybridized carbons (Fsp3) is 0.708. The van der Waals surface area contributed by atoms with Crippen molar-refractivity contribution in [1.82, 2.24) is 0 Å². The summed E-state index contributed by atoms with van der Waals surface area (Å²) in [7, 11) is 0. The number of alkyl halides is 1. The summed E-state index contributed by atoms with van der Waals surface area (Å²) in [5, 5.41) is 0.849. The molecule has 3 heteroatoms. The van der Waals surface area contributed by atoms with Gasteiger partial charge in [-0.25, -0.2) is 0 Å². The van der Waals surface area contributed by atoms with Crippen LogP contribution >= 0.6 is 15.9 Å². The van der Waals surface area contributed by atoms with E-state index in [0.717, 1.165) is 30.2 Å². The first-order valence-electron chi connectivity index (χ1n) is 10.8. The van der Waals surface area contributed by atoms with E-state index in [1.54, 1.807) is 0 Å². The van der Waals surface area contributed by atoms with Crippen LogP contribution in [0.15, 0.2) is 24.3 Å². The Morgan fingerprint density at radius 3 is 2.37 bits per heavy atom. The second-order valence-corrected chi connectivity index (χ2v) is 9.76. The van der Waals surface area contributed by atoms with Gasteiger partial charge < -0.3 is 4.74 Å². The van der Waals surface area contributed by atoms with Gasteiger partial charge in [0.05, 0.1) is 5.92 Å². The number of esters is 1. The van der Waals surface area contributed by atoms with Crippen LogP contribution in [-0.2, 0) is 14.9 Å². The highest BCUT2D eigenvalue weighted by Gasteiger charge is 2.38. The van der Waals surface area contributed by atoms with Crippen molar-refractivity contribution < 1.29 is 9.53 Å². The number of hydrogen-bond donors (Lipinski definition) is 0. The summed E-state index contributed by atoms with van der Waals surface area (Å²) in [6, 6.07) is 8.56.